The van der Waals surface area contributed by atoms with Gasteiger partial charge in [-0.3, -0.25) is 0 Å². The zero-order valence-corrected chi connectivity index (χ0v) is 13.7. The SMILES string of the molecule is CCC.COc1ccc(C)cc1.Cc1ccc(C)cc1. The lowest BCUT2D eigenvalue weighted by Gasteiger charge is -1.97. The summed E-state index contributed by atoms with van der Waals surface area (Å²) < 4.78 is 4.97. The molecule has 1 heteroatoms. The second-order valence-corrected chi connectivity index (χ2v) is 4.88. The molecule has 20 heavy (non-hydrogen) atoms. The van der Waals surface area contributed by atoms with Gasteiger partial charge in [-0.1, -0.05) is 73.4 Å². The maximum atomic E-state index is 4.97. The van der Waals surface area contributed by atoms with Gasteiger partial charge in [0.15, 0.2) is 0 Å². The van der Waals surface area contributed by atoms with E-state index in [1.807, 2.05) is 24.3 Å². The lowest BCUT2D eigenvalue weighted by molar-refractivity contribution is 0.414. The summed E-state index contributed by atoms with van der Waals surface area (Å²) in [5.74, 6) is 0.917. The first-order chi connectivity index (χ1) is 9.53. The van der Waals surface area contributed by atoms with Crippen molar-refractivity contribution < 1.29 is 4.74 Å². The van der Waals surface area contributed by atoms with E-state index in [4.69, 9.17) is 4.74 Å². The number of methoxy groups -OCH3 is 1. The van der Waals surface area contributed by atoms with Crippen molar-refractivity contribution in [2.45, 2.75) is 41.0 Å². The Labute approximate surface area is 124 Å². The molecule has 0 fully saturated rings. The number of hydrogen-bond donors (Lipinski definition) is 0. The molecule has 0 spiro atoms. The van der Waals surface area contributed by atoms with Gasteiger partial charge < -0.3 is 4.74 Å². The molecular weight excluding hydrogens is 244 g/mol. The second-order valence-electron chi connectivity index (χ2n) is 4.88. The van der Waals surface area contributed by atoms with Crippen LogP contribution in [0.2, 0.25) is 0 Å². The van der Waals surface area contributed by atoms with Crippen LogP contribution in [0.4, 0.5) is 0 Å². The maximum absolute atomic E-state index is 4.97. The van der Waals surface area contributed by atoms with Crippen molar-refractivity contribution in [3.8, 4) is 5.75 Å². The summed E-state index contributed by atoms with van der Waals surface area (Å²) in [4.78, 5) is 0. The molecule has 0 heterocycles. The van der Waals surface area contributed by atoms with Gasteiger partial charge in [0.05, 0.1) is 7.11 Å². The summed E-state index contributed by atoms with van der Waals surface area (Å²) in [7, 11) is 1.67. The molecule has 0 aliphatic heterocycles. The monoisotopic (exact) mass is 272 g/mol. The highest BCUT2D eigenvalue weighted by Crippen LogP contribution is 2.09. The molecule has 2 rings (SSSR count). The molecule has 0 atom stereocenters. The minimum Gasteiger partial charge on any atom is -0.497 e. The fraction of sp³-hybridized carbons (Fsp3) is 0.368. The van der Waals surface area contributed by atoms with E-state index in [1.165, 1.54) is 23.1 Å². The highest BCUT2D eigenvalue weighted by Gasteiger charge is 1.85. The predicted octanol–water partition coefficient (Wildman–Crippen LogP) is 5.72. The Hall–Kier alpha value is -1.76. The third-order valence-corrected chi connectivity index (χ3v) is 2.47. The van der Waals surface area contributed by atoms with Crippen LogP contribution in [0.15, 0.2) is 48.5 Å². The molecule has 0 unspecified atom stereocenters. The molecule has 2 aromatic carbocycles. The van der Waals surface area contributed by atoms with Crippen LogP contribution in [-0.2, 0) is 0 Å². The molecule has 0 aromatic heterocycles. The van der Waals surface area contributed by atoms with Crippen LogP contribution in [0.1, 0.15) is 37.0 Å². The second kappa shape index (κ2) is 11.1. The van der Waals surface area contributed by atoms with E-state index in [9.17, 15) is 0 Å². The number of rotatable bonds is 1. The molecule has 0 aliphatic rings. The van der Waals surface area contributed by atoms with Crippen LogP contribution in [0.5, 0.6) is 5.75 Å². The van der Waals surface area contributed by atoms with Crippen LogP contribution in [-0.4, -0.2) is 7.11 Å². The summed E-state index contributed by atoms with van der Waals surface area (Å²) in [5.41, 5.74) is 3.92. The average Bonchev–Trinajstić information content (AvgIpc) is 2.45. The zero-order valence-electron chi connectivity index (χ0n) is 13.7. The minimum absolute atomic E-state index is 0.917. The smallest absolute Gasteiger partial charge is 0.118 e. The number of aryl methyl sites for hydroxylation is 3. The summed E-state index contributed by atoms with van der Waals surface area (Å²) >= 11 is 0. The summed E-state index contributed by atoms with van der Waals surface area (Å²) in [6.45, 7) is 10.5. The Morgan fingerprint density at radius 1 is 0.650 bits per heavy atom. The predicted molar refractivity (Wildman–Crippen MR) is 89.6 cm³/mol. The molecule has 0 aliphatic carbocycles. The Balaban J connectivity index is 0.000000304. The van der Waals surface area contributed by atoms with Gasteiger partial charge in [-0.2, -0.15) is 0 Å². The first-order valence-electron chi connectivity index (χ1n) is 7.17. The van der Waals surface area contributed by atoms with E-state index in [0.29, 0.717) is 0 Å². The van der Waals surface area contributed by atoms with Crippen LogP contribution < -0.4 is 4.74 Å². The third-order valence-electron chi connectivity index (χ3n) is 2.47. The van der Waals surface area contributed by atoms with E-state index < -0.39 is 0 Å². The normalized spacial score (nSPS) is 8.70. The van der Waals surface area contributed by atoms with E-state index in [2.05, 4.69) is 58.9 Å². The van der Waals surface area contributed by atoms with Crippen molar-refractivity contribution in [3.63, 3.8) is 0 Å². The first-order valence-corrected chi connectivity index (χ1v) is 7.17. The van der Waals surface area contributed by atoms with E-state index in [0.717, 1.165) is 5.75 Å². The first kappa shape index (κ1) is 18.2. The van der Waals surface area contributed by atoms with Crippen LogP contribution >= 0.6 is 0 Å². The van der Waals surface area contributed by atoms with Crippen LogP contribution in [0.25, 0.3) is 0 Å². The van der Waals surface area contributed by atoms with Gasteiger partial charge in [0, 0.05) is 0 Å². The van der Waals surface area contributed by atoms with Crippen molar-refractivity contribution in [1.29, 1.82) is 0 Å². The molecule has 110 valence electrons. The van der Waals surface area contributed by atoms with Crippen molar-refractivity contribution in [1.82, 2.24) is 0 Å². The molecule has 0 saturated carbocycles. The standard InChI is InChI=1S/C8H10O.C8H10.C3H8/c1-7-3-5-8(9-2)6-4-7;1-7-3-5-8(2)6-4-7;1-3-2/h3-6H,1-2H3;3-6H,1-2H3;3H2,1-2H3. The quantitative estimate of drug-likeness (QED) is 0.644. The van der Waals surface area contributed by atoms with Gasteiger partial charge in [0.2, 0.25) is 0 Å². The summed E-state index contributed by atoms with van der Waals surface area (Å²) in [6, 6.07) is 16.4. The molecule has 0 radical (unpaired) electrons. The highest BCUT2D eigenvalue weighted by molar-refractivity contribution is 5.25. The summed E-state index contributed by atoms with van der Waals surface area (Å²) in [6.07, 6.45) is 1.25. The highest BCUT2D eigenvalue weighted by atomic mass is 16.5. The third kappa shape index (κ3) is 9.21. The zero-order chi connectivity index (χ0) is 15.4. The van der Waals surface area contributed by atoms with Crippen molar-refractivity contribution in [2.24, 2.45) is 0 Å². The molecular formula is C19H28O. The van der Waals surface area contributed by atoms with E-state index in [1.54, 1.807) is 7.11 Å². The van der Waals surface area contributed by atoms with Crippen molar-refractivity contribution in [3.05, 3.63) is 65.2 Å². The lowest BCUT2D eigenvalue weighted by atomic mass is 10.2. The molecule has 1 nitrogen and oxygen atoms in total. The van der Waals surface area contributed by atoms with Crippen molar-refractivity contribution >= 4 is 0 Å². The van der Waals surface area contributed by atoms with Gasteiger partial charge in [0.1, 0.15) is 5.75 Å². The van der Waals surface area contributed by atoms with Gasteiger partial charge in [0.25, 0.3) is 0 Å². The minimum atomic E-state index is 0.917. The fourth-order valence-electron chi connectivity index (χ4n) is 1.31. The Morgan fingerprint density at radius 3 is 1.15 bits per heavy atom. The topological polar surface area (TPSA) is 9.23 Å². The molecule has 0 saturated heterocycles. The van der Waals surface area contributed by atoms with Gasteiger partial charge in [-0.05, 0) is 32.9 Å². The van der Waals surface area contributed by atoms with E-state index >= 15 is 0 Å². The average molecular weight is 272 g/mol. The number of ether oxygens (including phenoxy) is 1. The lowest BCUT2D eigenvalue weighted by Crippen LogP contribution is -1.80. The van der Waals surface area contributed by atoms with Crippen LogP contribution in [0, 0.1) is 20.8 Å². The number of benzene rings is 2. The van der Waals surface area contributed by atoms with Crippen LogP contribution in [0.3, 0.4) is 0 Å². The molecule has 2 aromatic rings. The molecule has 0 N–H and O–H groups in total. The number of hydrogen-bond acceptors (Lipinski definition) is 1. The van der Waals surface area contributed by atoms with Crippen molar-refractivity contribution in [2.75, 3.05) is 7.11 Å². The molecule has 0 bridgehead atoms. The van der Waals surface area contributed by atoms with E-state index in [-0.39, 0.29) is 0 Å². The Bertz CT molecular complexity index is 419. The Kier molecular flexibility index (Phi) is 10.1. The van der Waals surface area contributed by atoms with Gasteiger partial charge in [-0.15, -0.1) is 0 Å². The van der Waals surface area contributed by atoms with Gasteiger partial charge in [-0.25, -0.2) is 0 Å². The van der Waals surface area contributed by atoms with Gasteiger partial charge >= 0.3 is 0 Å². The molecule has 0 amide bonds. The Morgan fingerprint density at radius 2 is 0.900 bits per heavy atom. The largest absolute Gasteiger partial charge is 0.497 e. The summed E-state index contributed by atoms with van der Waals surface area (Å²) in [5, 5.41) is 0. The fourth-order valence-corrected chi connectivity index (χ4v) is 1.31. The maximum Gasteiger partial charge on any atom is 0.118 e.